The molecule has 1 N–H and O–H groups in total. The molecule has 0 radical (unpaired) electrons. The van der Waals surface area contributed by atoms with Crippen molar-refractivity contribution in [2.45, 2.75) is 54.7 Å². The minimum absolute atomic E-state index is 0.0529. The number of carbonyl (C=O) groups is 1. The van der Waals surface area contributed by atoms with E-state index < -0.39 is 21.1 Å². The lowest BCUT2D eigenvalue weighted by Crippen LogP contribution is -2.45. The summed E-state index contributed by atoms with van der Waals surface area (Å²) in [5.74, 6) is 0.279. The van der Waals surface area contributed by atoms with Gasteiger partial charge in [0.05, 0.1) is 22.3 Å². The number of likely N-dealkylation sites (tertiary alicyclic amines) is 1. The highest BCUT2D eigenvalue weighted by atomic mass is 32.2. The van der Waals surface area contributed by atoms with Crippen molar-refractivity contribution in [2.75, 3.05) is 19.6 Å². The summed E-state index contributed by atoms with van der Waals surface area (Å²) in [6.07, 6.45) is 6.22. The fraction of sp³-hybridized carbons (Fsp3) is 0.600. The molecule has 1 aliphatic carbocycles. The highest BCUT2D eigenvalue weighted by Crippen LogP contribution is 2.31. The highest BCUT2D eigenvalue weighted by Gasteiger charge is 2.43. The van der Waals surface area contributed by atoms with E-state index in [0.717, 1.165) is 19.4 Å². The summed E-state index contributed by atoms with van der Waals surface area (Å²) in [5, 5.41) is 10.8. The zero-order chi connectivity index (χ0) is 19.3. The molecule has 2 fully saturated rings. The Hall–Kier alpha value is -1.91. The topological polar surface area (TPSA) is 90.3 Å². The van der Waals surface area contributed by atoms with Crippen LogP contribution in [0.15, 0.2) is 35.2 Å². The van der Waals surface area contributed by atoms with Crippen molar-refractivity contribution in [1.82, 2.24) is 10.2 Å². The van der Waals surface area contributed by atoms with E-state index >= 15 is 0 Å². The zero-order valence-corrected chi connectivity index (χ0v) is 16.3. The van der Waals surface area contributed by atoms with E-state index in [1.807, 2.05) is 11.0 Å². The van der Waals surface area contributed by atoms with E-state index in [1.165, 1.54) is 19.3 Å². The van der Waals surface area contributed by atoms with Crippen LogP contribution < -0.4 is 5.32 Å². The summed E-state index contributed by atoms with van der Waals surface area (Å²) >= 11 is 0. The van der Waals surface area contributed by atoms with Crippen molar-refractivity contribution in [3.05, 3.63) is 30.3 Å². The quantitative estimate of drug-likeness (QED) is 0.753. The first-order valence-electron chi connectivity index (χ1n) is 9.70. The van der Waals surface area contributed by atoms with Gasteiger partial charge in [0.2, 0.25) is 5.91 Å². The molecule has 0 unspecified atom stereocenters. The van der Waals surface area contributed by atoms with Gasteiger partial charge < -0.3 is 5.32 Å². The van der Waals surface area contributed by atoms with Gasteiger partial charge in [-0.2, -0.15) is 5.26 Å². The SMILES string of the molecule is N#CCNC(=O)[C@@H]1C[C@@H](S(=O)(=O)c2ccccc2)CN1CC1CCCCC1. The van der Waals surface area contributed by atoms with Crippen LogP contribution in [0.25, 0.3) is 0 Å². The molecule has 1 saturated heterocycles. The third kappa shape index (κ3) is 4.69. The van der Waals surface area contributed by atoms with Crippen LogP contribution in [0.2, 0.25) is 0 Å². The van der Waals surface area contributed by atoms with Crippen LogP contribution in [0.1, 0.15) is 38.5 Å². The number of nitrogens with one attached hydrogen (secondary N) is 1. The Morgan fingerprint density at radius 1 is 1.19 bits per heavy atom. The number of carbonyl (C=O) groups excluding carboxylic acids is 1. The molecule has 2 aliphatic rings. The van der Waals surface area contributed by atoms with Crippen molar-refractivity contribution in [3.63, 3.8) is 0 Å². The summed E-state index contributed by atoms with van der Waals surface area (Å²) in [7, 11) is -3.49. The van der Waals surface area contributed by atoms with Crippen molar-refractivity contribution >= 4 is 15.7 Å². The summed E-state index contributed by atoms with van der Waals surface area (Å²) in [4.78, 5) is 14.9. The average molecular weight is 390 g/mol. The lowest BCUT2D eigenvalue weighted by atomic mass is 9.89. The van der Waals surface area contributed by atoms with Crippen molar-refractivity contribution in [2.24, 2.45) is 5.92 Å². The predicted molar refractivity (Wildman–Crippen MR) is 103 cm³/mol. The van der Waals surface area contributed by atoms with Gasteiger partial charge in [-0.15, -0.1) is 0 Å². The summed E-state index contributed by atoms with van der Waals surface area (Å²) in [6, 6.07) is 9.90. The number of nitriles is 1. The molecule has 27 heavy (non-hydrogen) atoms. The Bertz CT molecular complexity index is 782. The van der Waals surface area contributed by atoms with Gasteiger partial charge in [-0.25, -0.2) is 8.42 Å². The van der Waals surface area contributed by atoms with E-state index in [4.69, 9.17) is 5.26 Å². The molecule has 1 aromatic rings. The first-order valence-corrected chi connectivity index (χ1v) is 11.2. The normalized spacial score (nSPS) is 24.4. The number of benzene rings is 1. The Balaban J connectivity index is 1.77. The van der Waals surface area contributed by atoms with Gasteiger partial charge >= 0.3 is 0 Å². The van der Waals surface area contributed by atoms with Crippen molar-refractivity contribution in [3.8, 4) is 6.07 Å². The Labute approximate surface area is 161 Å². The van der Waals surface area contributed by atoms with E-state index in [-0.39, 0.29) is 18.9 Å². The smallest absolute Gasteiger partial charge is 0.238 e. The second-order valence-electron chi connectivity index (χ2n) is 7.57. The van der Waals surface area contributed by atoms with Gasteiger partial charge in [0.25, 0.3) is 0 Å². The first-order chi connectivity index (χ1) is 13.0. The third-order valence-electron chi connectivity index (χ3n) is 5.74. The van der Waals surface area contributed by atoms with Gasteiger partial charge in [-0.3, -0.25) is 9.69 Å². The molecular formula is C20H27N3O3S. The highest BCUT2D eigenvalue weighted by molar-refractivity contribution is 7.92. The second kappa shape index (κ2) is 8.85. The van der Waals surface area contributed by atoms with Gasteiger partial charge in [0.1, 0.15) is 6.54 Å². The average Bonchev–Trinajstić information content (AvgIpc) is 3.12. The second-order valence-corrected chi connectivity index (χ2v) is 9.79. The van der Waals surface area contributed by atoms with Gasteiger partial charge in [0, 0.05) is 13.1 Å². The maximum atomic E-state index is 13.0. The molecule has 0 bridgehead atoms. The minimum Gasteiger partial charge on any atom is -0.342 e. The molecule has 1 aromatic carbocycles. The lowest BCUT2D eigenvalue weighted by molar-refractivity contribution is -0.125. The fourth-order valence-electron chi connectivity index (χ4n) is 4.31. The van der Waals surface area contributed by atoms with Crippen LogP contribution in [0.3, 0.4) is 0 Å². The standard InChI is InChI=1S/C20H27N3O3S/c21-11-12-22-20(24)19-13-18(27(25,26)17-9-5-2-6-10-17)15-23(19)14-16-7-3-1-4-8-16/h2,5-6,9-10,16,18-19H,1,3-4,7-8,12-15H2,(H,22,24)/t18-,19+/m1/s1. The minimum atomic E-state index is -3.49. The molecular weight excluding hydrogens is 362 g/mol. The molecule has 0 aromatic heterocycles. The zero-order valence-electron chi connectivity index (χ0n) is 15.5. The van der Waals surface area contributed by atoms with Crippen molar-refractivity contribution < 1.29 is 13.2 Å². The molecule has 1 saturated carbocycles. The van der Waals surface area contributed by atoms with E-state index in [2.05, 4.69) is 5.32 Å². The van der Waals surface area contributed by atoms with Crippen LogP contribution in [0.5, 0.6) is 0 Å². The number of hydrogen-bond acceptors (Lipinski definition) is 5. The Morgan fingerprint density at radius 3 is 2.56 bits per heavy atom. The summed E-state index contributed by atoms with van der Waals surface area (Å²) in [6.45, 7) is 1.08. The van der Waals surface area contributed by atoms with Crippen LogP contribution in [0.4, 0.5) is 0 Å². The number of nitrogens with zero attached hydrogens (tertiary/aromatic N) is 2. The first kappa shape index (κ1) is 19.8. The maximum absolute atomic E-state index is 13.0. The monoisotopic (exact) mass is 389 g/mol. The van der Waals surface area contributed by atoms with Crippen molar-refractivity contribution in [1.29, 1.82) is 5.26 Å². The van der Waals surface area contributed by atoms with Crippen LogP contribution in [-0.2, 0) is 14.6 Å². The van der Waals surface area contributed by atoms with E-state index in [0.29, 0.717) is 17.4 Å². The number of rotatable bonds is 6. The summed E-state index contributed by atoms with van der Waals surface area (Å²) < 4.78 is 26.1. The Morgan fingerprint density at radius 2 is 1.89 bits per heavy atom. The molecule has 146 valence electrons. The molecule has 7 heteroatoms. The maximum Gasteiger partial charge on any atom is 0.238 e. The van der Waals surface area contributed by atoms with Gasteiger partial charge in [-0.05, 0) is 37.3 Å². The molecule has 6 nitrogen and oxygen atoms in total. The van der Waals surface area contributed by atoms with Crippen LogP contribution in [0, 0.1) is 17.2 Å². The molecule has 1 heterocycles. The van der Waals surface area contributed by atoms with Crippen LogP contribution in [-0.4, -0.2) is 50.2 Å². The molecule has 1 aliphatic heterocycles. The summed E-state index contributed by atoms with van der Waals surface area (Å²) in [5.41, 5.74) is 0. The van der Waals surface area contributed by atoms with E-state index in [1.54, 1.807) is 30.3 Å². The molecule has 1 amide bonds. The van der Waals surface area contributed by atoms with Gasteiger partial charge in [-0.1, -0.05) is 37.5 Å². The van der Waals surface area contributed by atoms with Crippen LogP contribution >= 0.6 is 0 Å². The molecule has 3 rings (SSSR count). The lowest BCUT2D eigenvalue weighted by Gasteiger charge is -2.30. The number of hydrogen-bond donors (Lipinski definition) is 1. The largest absolute Gasteiger partial charge is 0.342 e. The molecule has 0 spiro atoms. The number of amides is 1. The third-order valence-corrected chi connectivity index (χ3v) is 7.89. The van der Waals surface area contributed by atoms with E-state index in [9.17, 15) is 13.2 Å². The number of sulfone groups is 1. The fourth-order valence-corrected chi connectivity index (χ4v) is 6.05. The predicted octanol–water partition coefficient (Wildman–Crippen LogP) is 2.12. The molecule has 2 atom stereocenters. The Kier molecular flexibility index (Phi) is 6.51. The van der Waals surface area contributed by atoms with Gasteiger partial charge in [0.15, 0.2) is 9.84 Å².